The zero-order chi connectivity index (χ0) is 27.5. The molecule has 1 amide bonds. The largest absolute Gasteiger partial charge is 0.453 e. The van der Waals surface area contributed by atoms with E-state index in [-0.39, 0.29) is 34.1 Å². The van der Waals surface area contributed by atoms with Gasteiger partial charge in [-0.3, -0.25) is 9.78 Å². The number of terminal acetylenes is 1. The number of thiophene rings is 1. The maximum Gasteiger partial charge on any atom is 0.230 e. The number of nitrogens with one attached hydrogen (secondary N) is 2. The molecule has 2 aromatic carbocycles. The van der Waals surface area contributed by atoms with E-state index < -0.39 is 17.5 Å². The molecule has 3 aromatic heterocycles. The Kier molecular flexibility index (Phi) is 7.31. The van der Waals surface area contributed by atoms with E-state index >= 15 is 0 Å². The Hall–Kier alpha value is -4.66. The van der Waals surface area contributed by atoms with Crippen molar-refractivity contribution in [1.29, 1.82) is 0 Å². The molecule has 7 nitrogen and oxygen atoms in total. The maximum atomic E-state index is 15.0. The number of pyridine rings is 1. The van der Waals surface area contributed by atoms with Crippen LogP contribution in [0.3, 0.4) is 0 Å². The molecular weight excluding hydrogens is 540 g/mol. The van der Waals surface area contributed by atoms with Gasteiger partial charge in [-0.25, -0.2) is 13.8 Å². The highest BCUT2D eigenvalue weighted by Gasteiger charge is 2.16. The third-order valence-corrected chi connectivity index (χ3v) is 6.97. The molecule has 0 unspecified atom stereocenters. The zero-order valence-corrected chi connectivity index (χ0v) is 22.0. The van der Waals surface area contributed by atoms with Crippen LogP contribution in [0, 0.1) is 24.0 Å². The van der Waals surface area contributed by atoms with Gasteiger partial charge in [0.25, 0.3) is 0 Å². The Balaban J connectivity index is 1.26. The second-order valence-electron chi connectivity index (χ2n) is 8.40. The lowest BCUT2D eigenvalue weighted by atomic mass is 10.0. The molecule has 0 spiro atoms. The summed E-state index contributed by atoms with van der Waals surface area (Å²) in [6, 6.07) is 12.0. The third kappa shape index (κ3) is 5.77. The smallest absolute Gasteiger partial charge is 0.230 e. The van der Waals surface area contributed by atoms with Crippen molar-refractivity contribution < 1.29 is 18.3 Å². The molecule has 194 valence electrons. The molecule has 0 radical (unpaired) electrons. The lowest BCUT2D eigenvalue weighted by molar-refractivity contribution is -0.119. The van der Waals surface area contributed by atoms with Gasteiger partial charge in [0.1, 0.15) is 11.6 Å². The second kappa shape index (κ2) is 11.0. The van der Waals surface area contributed by atoms with Crippen LogP contribution in [0.4, 0.5) is 14.5 Å². The highest BCUT2D eigenvalue weighted by molar-refractivity contribution is 7.80. The normalized spacial score (nSPS) is 10.7. The zero-order valence-electron chi connectivity index (χ0n) is 20.4. The maximum absolute atomic E-state index is 15.0. The molecule has 0 saturated carbocycles. The number of fused-ring (bicyclic) bond motifs is 1. The van der Waals surface area contributed by atoms with Gasteiger partial charge in [-0.2, -0.15) is 0 Å². The van der Waals surface area contributed by atoms with Gasteiger partial charge in [-0.1, -0.05) is 12.0 Å². The third-order valence-electron chi connectivity index (χ3n) is 5.61. The molecule has 5 aromatic rings. The number of hydrogen-bond acceptors (Lipinski definition) is 6. The number of imidazole rings is 1. The van der Waals surface area contributed by atoms with Crippen molar-refractivity contribution in [1.82, 2.24) is 19.9 Å². The van der Waals surface area contributed by atoms with E-state index in [1.807, 2.05) is 23.9 Å². The minimum atomic E-state index is -0.648. The molecule has 0 atom stereocenters. The molecule has 39 heavy (non-hydrogen) atoms. The summed E-state index contributed by atoms with van der Waals surface area (Å²) in [6.07, 6.45) is 10.3. The van der Waals surface area contributed by atoms with Crippen LogP contribution in [0.5, 0.6) is 11.5 Å². The molecule has 0 saturated heterocycles. The Morgan fingerprint density at radius 3 is 2.74 bits per heavy atom. The summed E-state index contributed by atoms with van der Waals surface area (Å²) in [5, 5.41) is 5.11. The number of amides is 1. The van der Waals surface area contributed by atoms with Gasteiger partial charge in [0.2, 0.25) is 5.91 Å². The molecule has 11 heteroatoms. The Morgan fingerprint density at radius 1 is 1.15 bits per heavy atom. The molecule has 0 aliphatic heterocycles. The molecule has 3 heterocycles. The number of aryl methyl sites for hydroxylation is 1. The van der Waals surface area contributed by atoms with Crippen LogP contribution in [0.15, 0.2) is 67.3 Å². The first-order chi connectivity index (χ1) is 18.8. The molecular formula is C28H19F2N5O2S2. The van der Waals surface area contributed by atoms with Gasteiger partial charge in [-0.15, -0.1) is 17.8 Å². The summed E-state index contributed by atoms with van der Waals surface area (Å²) in [4.78, 5) is 22.0. The van der Waals surface area contributed by atoms with Gasteiger partial charge in [0, 0.05) is 48.4 Å². The van der Waals surface area contributed by atoms with Crippen molar-refractivity contribution in [3.8, 4) is 34.4 Å². The second-order valence-corrected chi connectivity index (χ2v) is 9.86. The highest BCUT2D eigenvalue weighted by Crippen LogP contribution is 2.39. The van der Waals surface area contributed by atoms with Crippen LogP contribution in [-0.4, -0.2) is 25.6 Å². The van der Waals surface area contributed by atoms with E-state index in [0.29, 0.717) is 11.3 Å². The van der Waals surface area contributed by atoms with Gasteiger partial charge in [0.15, 0.2) is 16.7 Å². The average Bonchev–Trinajstić information content (AvgIpc) is 3.53. The summed E-state index contributed by atoms with van der Waals surface area (Å²) in [5.74, 6) is 1.00. The highest BCUT2D eigenvalue weighted by atomic mass is 32.1. The first-order valence-electron chi connectivity index (χ1n) is 11.5. The Bertz CT molecular complexity index is 1770. The van der Waals surface area contributed by atoms with E-state index in [1.54, 1.807) is 30.7 Å². The lowest BCUT2D eigenvalue weighted by Gasteiger charge is -2.12. The fourth-order valence-electron chi connectivity index (χ4n) is 3.81. The first kappa shape index (κ1) is 26.0. The summed E-state index contributed by atoms with van der Waals surface area (Å²) >= 11 is 6.60. The fraction of sp³-hybridized carbons (Fsp3) is 0.0714. The number of anilines is 1. The van der Waals surface area contributed by atoms with Gasteiger partial charge in [-0.05, 0) is 42.5 Å². The predicted molar refractivity (Wildman–Crippen MR) is 151 cm³/mol. The van der Waals surface area contributed by atoms with Crippen molar-refractivity contribution in [3.05, 3.63) is 90.0 Å². The van der Waals surface area contributed by atoms with Crippen molar-refractivity contribution in [2.24, 2.45) is 7.05 Å². The van der Waals surface area contributed by atoms with Crippen molar-refractivity contribution in [2.45, 2.75) is 6.42 Å². The summed E-state index contributed by atoms with van der Waals surface area (Å²) in [5.41, 5.74) is 2.18. The molecule has 0 fully saturated rings. The number of thiocarbonyl (C=S) groups is 1. The molecule has 5 rings (SSSR count). The Morgan fingerprint density at radius 2 is 2.00 bits per heavy atom. The minimum absolute atomic E-state index is 0.00263. The van der Waals surface area contributed by atoms with E-state index in [1.165, 1.54) is 35.6 Å². The topological polar surface area (TPSA) is 81.1 Å². The first-order valence-corrected chi connectivity index (χ1v) is 12.7. The molecule has 0 aliphatic rings. The van der Waals surface area contributed by atoms with Gasteiger partial charge >= 0.3 is 0 Å². The van der Waals surface area contributed by atoms with E-state index in [4.69, 9.17) is 23.4 Å². The number of aromatic nitrogens is 3. The summed E-state index contributed by atoms with van der Waals surface area (Å²) < 4.78 is 37.6. The number of hydrogen-bond donors (Lipinski definition) is 2. The SMILES string of the molecule is C#Cc1cccc(F)c1CC(=O)NC(=S)Nc1ccc(Oc2ccnc3cc(-c4cn(C)cn4)sc23)c(F)c1. The standard InChI is InChI=1S/C28H19F2N5O2S2/c1-3-16-5-4-6-19(29)18(16)12-26(36)34-28(38)33-17-7-8-23(20(30)11-17)37-24-9-10-31-21-13-25(39-27(21)24)22-14-35(2)15-32-22/h1,4-11,13-15H,12H2,2H3,(H2,33,34,36,38). The summed E-state index contributed by atoms with van der Waals surface area (Å²) in [6.45, 7) is 0. The Labute approximate surface area is 231 Å². The van der Waals surface area contributed by atoms with Crippen LogP contribution in [-0.2, 0) is 18.3 Å². The van der Waals surface area contributed by atoms with Crippen LogP contribution in [0.1, 0.15) is 11.1 Å². The van der Waals surface area contributed by atoms with Crippen LogP contribution in [0.2, 0.25) is 0 Å². The van der Waals surface area contributed by atoms with E-state index in [0.717, 1.165) is 15.3 Å². The number of benzene rings is 2. The molecule has 0 aliphatic carbocycles. The number of ether oxygens (including phenoxy) is 1. The molecule has 2 N–H and O–H groups in total. The number of nitrogens with zero attached hydrogens (tertiary/aromatic N) is 3. The van der Waals surface area contributed by atoms with Crippen LogP contribution in [0.25, 0.3) is 20.8 Å². The van der Waals surface area contributed by atoms with Gasteiger partial charge < -0.3 is 19.9 Å². The number of rotatable bonds is 6. The number of carbonyl (C=O) groups excluding carboxylic acids is 1. The van der Waals surface area contributed by atoms with Crippen molar-refractivity contribution in [2.75, 3.05) is 5.32 Å². The van der Waals surface area contributed by atoms with Crippen LogP contribution < -0.4 is 15.4 Å². The minimum Gasteiger partial charge on any atom is -0.453 e. The quantitative estimate of drug-likeness (QED) is 0.202. The summed E-state index contributed by atoms with van der Waals surface area (Å²) in [7, 11) is 1.89. The van der Waals surface area contributed by atoms with Gasteiger partial charge in [0.05, 0.1) is 33.5 Å². The van der Waals surface area contributed by atoms with E-state index in [9.17, 15) is 13.6 Å². The number of halogens is 2. The van der Waals surface area contributed by atoms with Crippen molar-refractivity contribution in [3.63, 3.8) is 0 Å². The average molecular weight is 560 g/mol. The van der Waals surface area contributed by atoms with Crippen molar-refractivity contribution >= 4 is 50.5 Å². The van der Waals surface area contributed by atoms with Crippen LogP contribution >= 0.6 is 23.6 Å². The van der Waals surface area contributed by atoms with E-state index in [2.05, 4.69) is 26.5 Å². The molecule has 0 bridgehead atoms. The monoisotopic (exact) mass is 559 g/mol. The predicted octanol–water partition coefficient (Wildman–Crippen LogP) is 5.80. The lowest BCUT2D eigenvalue weighted by Crippen LogP contribution is -2.35. The number of carbonyl (C=O) groups is 1. The fourth-order valence-corrected chi connectivity index (χ4v) is 5.07.